The fraction of sp³-hybridized carbons (Fsp3) is 0.562. The Morgan fingerprint density at radius 3 is 2.75 bits per heavy atom. The number of anilines is 1. The maximum Gasteiger partial charge on any atom is 0.243 e. The molecule has 0 radical (unpaired) electrons. The van der Waals surface area contributed by atoms with Gasteiger partial charge in [0, 0.05) is 24.2 Å². The summed E-state index contributed by atoms with van der Waals surface area (Å²) in [7, 11) is 1.62. The number of nitrogens with zero attached hydrogens (tertiary/aromatic N) is 4. The number of benzene rings is 1. The maximum absolute atomic E-state index is 6.37. The van der Waals surface area contributed by atoms with Crippen molar-refractivity contribution in [3.05, 3.63) is 22.7 Å². The molecule has 1 heterocycles. The van der Waals surface area contributed by atoms with E-state index in [1.807, 2.05) is 6.07 Å². The van der Waals surface area contributed by atoms with Gasteiger partial charge in [-0.25, -0.2) is 4.68 Å². The van der Waals surface area contributed by atoms with Crippen molar-refractivity contribution in [2.24, 2.45) is 0 Å². The van der Waals surface area contributed by atoms with Gasteiger partial charge in [0.25, 0.3) is 0 Å². The SMILES string of the molecule is CCCCn1nnnc1NCc1cc(OC)c(OCCC)cc1Cl. The lowest BCUT2D eigenvalue weighted by Crippen LogP contribution is -2.09. The predicted octanol–water partition coefficient (Wildman–Crippen LogP) is 3.54. The molecule has 0 unspecified atom stereocenters. The van der Waals surface area contributed by atoms with Crippen molar-refractivity contribution in [2.75, 3.05) is 19.0 Å². The molecule has 0 atom stereocenters. The van der Waals surface area contributed by atoms with Gasteiger partial charge in [-0.15, -0.1) is 0 Å². The summed E-state index contributed by atoms with van der Waals surface area (Å²) in [5.74, 6) is 1.95. The monoisotopic (exact) mass is 353 g/mol. The van der Waals surface area contributed by atoms with E-state index in [-0.39, 0.29) is 0 Å². The van der Waals surface area contributed by atoms with E-state index in [9.17, 15) is 0 Å². The van der Waals surface area contributed by atoms with Crippen LogP contribution in [0.1, 0.15) is 38.7 Å². The lowest BCUT2D eigenvalue weighted by atomic mass is 10.2. The highest BCUT2D eigenvalue weighted by atomic mass is 35.5. The molecule has 0 aliphatic carbocycles. The van der Waals surface area contributed by atoms with Crippen molar-refractivity contribution in [3.8, 4) is 11.5 Å². The standard InChI is InChI=1S/C16H24ClN5O2/c1-4-6-7-22-16(19-20-21-22)18-11-12-9-14(23-3)15(10-13(12)17)24-8-5-2/h9-10H,4-8,11H2,1-3H3,(H,18,19,21). The Bertz CT molecular complexity index is 647. The van der Waals surface area contributed by atoms with E-state index in [4.69, 9.17) is 21.1 Å². The molecule has 0 saturated heterocycles. The normalized spacial score (nSPS) is 10.7. The van der Waals surface area contributed by atoms with Crippen LogP contribution in [0.15, 0.2) is 12.1 Å². The Morgan fingerprint density at radius 2 is 2.04 bits per heavy atom. The van der Waals surface area contributed by atoms with Gasteiger partial charge in [0.2, 0.25) is 5.95 Å². The number of aryl methyl sites for hydroxylation is 1. The molecule has 0 saturated carbocycles. The van der Waals surface area contributed by atoms with E-state index < -0.39 is 0 Å². The zero-order chi connectivity index (χ0) is 17.4. The third-order valence-electron chi connectivity index (χ3n) is 3.49. The van der Waals surface area contributed by atoms with Crippen LogP contribution in [0.5, 0.6) is 11.5 Å². The molecule has 132 valence electrons. The number of nitrogens with one attached hydrogen (secondary N) is 1. The Balaban J connectivity index is 2.08. The minimum Gasteiger partial charge on any atom is -0.493 e. The number of ether oxygens (including phenoxy) is 2. The first-order chi connectivity index (χ1) is 11.7. The average Bonchev–Trinajstić information content (AvgIpc) is 3.04. The van der Waals surface area contributed by atoms with E-state index in [2.05, 4.69) is 34.7 Å². The number of rotatable bonds is 10. The highest BCUT2D eigenvalue weighted by molar-refractivity contribution is 6.31. The predicted molar refractivity (Wildman–Crippen MR) is 93.8 cm³/mol. The number of hydrogen-bond donors (Lipinski definition) is 1. The lowest BCUT2D eigenvalue weighted by molar-refractivity contribution is 0.294. The Labute approximate surface area is 147 Å². The van der Waals surface area contributed by atoms with Crippen molar-refractivity contribution >= 4 is 17.5 Å². The molecule has 1 aromatic heterocycles. The van der Waals surface area contributed by atoms with Crippen LogP contribution in [0.2, 0.25) is 5.02 Å². The van der Waals surface area contributed by atoms with Gasteiger partial charge in [0.1, 0.15) is 0 Å². The van der Waals surface area contributed by atoms with Gasteiger partial charge in [-0.05, 0) is 34.9 Å². The minimum atomic E-state index is 0.496. The summed E-state index contributed by atoms with van der Waals surface area (Å²) in [5, 5.41) is 15.5. The second-order valence-electron chi connectivity index (χ2n) is 5.38. The summed E-state index contributed by atoms with van der Waals surface area (Å²) in [4.78, 5) is 0. The topological polar surface area (TPSA) is 74.1 Å². The first kappa shape index (κ1) is 18.3. The van der Waals surface area contributed by atoms with Gasteiger partial charge < -0.3 is 14.8 Å². The molecule has 7 nitrogen and oxygen atoms in total. The Kier molecular flexibility index (Phi) is 7.11. The molecule has 0 amide bonds. The number of aromatic nitrogens is 4. The van der Waals surface area contributed by atoms with E-state index in [1.165, 1.54) is 0 Å². The average molecular weight is 354 g/mol. The van der Waals surface area contributed by atoms with E-state index >= 15 is 0 Å². The second kappa shape index (κ2) is 9.32. The maximum atomic E-state index is 6.37. The van der Waals surface area contributed by atoms with Gasteiger partial charge in [0.15, 0.2) is 11.5 Å². The van der Waals surface area contributed by atoms with Crippen LogP contribution >= 0.6 is 11.6 Å². The lowest BCUT2D eigenvalue weighted by Gasteiger charge is -2.14. The molecule has 0 aliphatic heterocycles. The van der Waals surface area contributed by atoms with E-state index in [0.29, 0.717) is 35.6 Å². The molecule has 0 bridgehead atoms. The molecule has 24 heavy (non-hydrogen) atoms. The van der Waals surface area contributed by atoms with Crippen molar-refractivity contribution in [2.45, 2.75) is 46.2 Å². The van der Waals surface area contributed by atoms with Crippen molar-refractivity contribution < 1.29 is 9.47 Å². The molecule has 1 aromatic carbocycles. The van der Waals surface area contributed by atoms with Crippen LogP contribution in [-0.2, 0) is 13.1 Å². The molecule has 0 fully saturated rings. The molecule has 8 heteroatoms. The summed E-state index contributed by atoms with van der Waals surface area (Å²) in [6.07, 6.45) is 3.03. The first-order valence-corrected chi connectivity index (χ1v) is 8.56. The van der Waals surface area contributed by atoms with Gasteiger partial charge in [-0.1, -0.05) is 37.0 Å². The van der Waals surface area contributed by atoms with Gasteiger partial charge >= 0.3 is 0 Å². The van der Waals surface area contributed by atoms with E-state index in [1.54, 1.807) is 17.9 Å². The van der Waals surface area contributed by atoms with Crippen LogP contribution in [0, 0.1) is 0 Å². The smallest absolute Gasteiger partial charge is 0.243 e. The highest BCUT2D eigenvalue weighted by Gasteiger charge is 2.12. The summed E-state index contributed by atoms with van der Waals surface area (Å²) in [6, 6.07) is 3.66. The molecular formula is C16H24ClN5O2. The van der Waals surface area contributed by atoms with E-state index in [0.717, 1.165) is 31.4 Å². The Hall–Kier alpha value is -2.02. The van der Waals surface area contributed by atoms with Crippen molar-refractivity contribution in [1.82, 2.24) is 20.2 Å². The summed E-state index contributed by atoms with van der Waals surface area (Å²) < 4.78 is 12.8. The number of halogens is 1. The number of hydrogen-bond acceptors (Lipinski definition) is 6. The second-order valence-corrected chi connectivity index (χ2v) is 5.78. The molecule has 0 aliphatic rings. The summed E-state index contributed by atoms with van der Waals surface area (Å²) in [5.41, 5.74) is 0.891. The van der Waals surface area contributed by atoms with Gasteiger partial charge in [-0.2, -0.15) is 0 Å². The van der Waals surface area contributed by atoms with Crippen LogP contribution in [-0.4, -0.2) is 33.9 Å². The minimum absolute atomic E-state index is 0.496. The molecule has 1 N–H and O–H groups in total. The third kappa shape index (κ3) is 4.74. The number of methoxy groups -OCH3 is 1. The van der Waals surface area contributed by atoms with Crippen LogP contribution in [0.4, 0.5) is 5.95 Å². The zero-order valence-electron chi connectivity index (χ0n) is 14.4. The number of tetrazole rings is 1. The third-order valence-corrected chi connectivity index (χ3v) is 3.84. The first-order valence-electron chi connectivity index (χ1n) is 8.18. The highest BCUT2D eigenvalue weighted by Crippen LogP contribution is 2.33. The van der Waals surface area contributed by atoms with Crippen LogP contribution < -0.4 is 14.8 Å². The molecule has 2 rings (SSSR count). The summed E-state index contributed by atoms with van der Waals surface area (Å²) >= 11 is 6.37. The Morgan fingerprint density at radius 1 is 1.21 bits per heavy atom. The zero-order valence-corrected chi connectivity index (χ0v) is 15.1. The summed E-state index contributed by atoms with van der Waals surface area (Å²) in [6.45, 7) is 6.08. The quantitative estimate of drug-likeness (QED) is 0.704. The van der Waals surface area contributed by atoms with Crippen LogP contribution in [0.3, 0.4) is 0 Å². The largest absolute Gasteiger partial charge is 0.493 e. The molecule has 2 aromatic rings. The molecular weight excluding hydrogens is 330 g/mol. The van der Waals surface area contributed by atoms with Crippen LogP contribution in [0.25, 0.3) is 0 Å². The number of unbranched alkanes of at least 4 members (excludes halogenated alkanes) is 1. The fourth-order valence-corrected chi connectivity index (χ4v) is 2.38. The van der Waals surface area contributed by atoms with Crippen molar-refractivity contribution in [3.63, 3.8) is 0 Å². The van der Waals surface area contributed by atoms with Crippen molar-refractivity contribution in [1.29, 1.82) is 0 Å². The fourth-order valence-electron chi connectivity index (χ4n) is 2.16. The molecule has 0 spiro atoms. The van der Waals surface area contributed by atoms with Gasteiger partial charge in [0.05, 0.1) is 13.7 Å². The van der Waals surface area contributed by atoms with Gasteiger partial charge in [-0.3, -0.25) is 0 Å².